The molecule has 0 radical (unpaired) electrons. The molecule has 0 unspecified atom stereocenters. The van der Waals surface area contributed by atoms with Gasteiger partial charge in [0.15, 0.2) is 12.4 Å². The molecule has 0 saturated carbocycles. The highest BCUT2D eigenvalue weighted by Crippen LogP contribution is 2.07. The van der Waals surface area contributed by atoms with Crippen molar-refractivity contribution in [3.8, 4) is 0 Å². The molecule has 0 atom stereocenters. The van der Waals surface area contributed by atoms with E-state index >= 15 is 0 Å². The van der Waals surface area contributed by atoms with Crippen LogP contribution in [0.2, 0.25) is 0 Å². The average molecular weight is 357 g/mol. The average Bonchev–Trinajstić information content (AvgIpc) is 2.53. The van der Waals surface area contributed by atoms with Gasteiger partial charge < -0.3 is 11.1 Å². The molecule has 5 nitrogen and oxygen atoms in total. The van der Waals surface area contributed by atoms with Crippen LogP contribution >= 0.6 is 12.4 Å². The Kier molecular flexibility index (Phi) is 12.9. The number of hydrogen-bond donors (Lipinski definition) is 2. The fourth-order valence-corrected chi connectivity index (χ4v) is 2.47. The quantitative estimate of drug-likeness (QED) is 0.446. The standard InChI is InChI=1S/C18H29N3O2.ClH/c1-2-3-4-5-6-7-8-9-12-20-17(22)15-21-13-10-11-16(14-21)18(19)23;/h10-11,13-14H,2-9,12,15H2,1H3,(H2-,19,20,22,23);1H/p+1. The van der Waals surface area contributed by atoms with E-state index in [9.17, 15) is 9.59 Å². The lowest BCUT2D eigenvalue weighted by Crippen LogP contribution is -2.43. The maximum absolute atomic E-state index is 11.9. The van der Waals surface area contributed by atoms with Crippen LogP contribution in [0.3, 0.4) is 0 Å². The predicted octanol–water partition coefficient (Wildman–Crippen LogP) is 2.75. The number of carbonyl (C=O) groups is 2. The van der Waals surface area contributed by atoms with Crippen LogP contribution in [0.4, 0.5) is 0 Å². The third-order valence-corrected chi connectivity index (χ3v) is 3.82. The molecular formula is C18H31ClN3O2+. The van der Waals surface area contributed by atoms with Crippen molar-refractivity contribution in [3.63, 3.8) is 0 Å². The van der Waals surface area contributed by atoms with Gasteiger partial charge in [-0.15, -0.1) is 12.4 Å². The summed E-state index contributed by atoms with van der Waals surface area (Å²) in [6.07, 6.45) is 13.4. The Morgan fingerprint density at radius 1 is 1.08 bits per heavy atom. The van der Waals surface area contributed by atoms with E-state index in [2.05, 4.69) is 12.2 Å². The molecule has 0 aromatic carbocycles. The molecule has 0 bridgehead atoms. The van der Waals surface area contributed by atoms with Gasteiger partial charge in [0.25, 0.3) is 11.8 Å². The molecule has 6 heteroatoms. The third-order valence-electron chi connectivity index (χ3n) is 3.82. The van der Waals surface area contributed by atoms with E-state index in [1.165, 1.54) is 38.5 Å². The largest absolute Gasteiger partial charge is 0.365 e. The van der Waals surface area contributed by atoms with Crippen LogP contribution in [0, 0.1) is 0 Å². The molecule has 0 fully saturated rings. The molecule has 2 amide bonds. The van der Waals surface area contributed by atoms with Crippen molar-refractivity contribution in [3.05, 3.63) is 30.1 Å². The van der Waals surface area contributed by atoms with E-state index in [0.717, 1.165) is 12.8 Å². The molecule has 0 aliphatic rings. The number of halogens is 1. The van der Waals surface area contributed by atoms with E-state index in [1.807, 2.05) is 0 Å². The number of rotatable bonds is 12. The van der Waals surface area contributed by atoms with Gasteiger partial charge in [-0.3, -0.25) is 9.59 Å². The van der Waals surface area contributed by atoms with Crippen molar-refractivity contribution < 1.29 is 14.2 Å². The van der Waals surface area contributed by atoms with Crippen LogP contribution in [0.15, 0.2) is 24.5 Å². The first-order chi connectivity index (χ1) is 11.1. The zero-order chi connectivity index (χ0) is 16.9. The summed E-state index contributed by atoms with van der Waals surface area (Å²) in [5.41, 5.74) is 5.63. The Morgan fingerprint density at radius 3 is 2.33 bits per heavy atom. The molecule has 24 heavy (non-hydrogen) atoms. The Labute approximate surface area is 151 Å². The van der Waals surface area contributed by atoms with Crippen LogP contribution in [0.25, 0.3) is 0 Å². The van der Waals surface area contributed by atoms with Crippen LogP contribution < -0.4 is 15.6 Å². The normalized spacial score (nSPS) is 10.0. The van der Waals surface area contributed by atoms with Gasteiger partial charge in [-0.25, -0.2) is 0 Å². The van der Waals surface area contributed by atoms with Crippen LogP contribution in [0.5, 0.6) is 0 Å². The highest BCUT2D eigenvalue weighted by atomic mass is 35.5. The smallest absolute Gasteiger partial charge is 0.285 e. The zero-order valence-electron chi connectivity index (χ0n) is 14.6. The summed E-state index contributed by atoms with van der Waals surface area (Å²) in [4.78, 5) is 23.0. The summed E-state index contributed by atoms with van der Waals surface area (Å²) < 4.78 is 1.67. The summed E-state index contributed by atoms with van der Waals surface area (Å²) in [5, 5.41) is 2.92. The van der Waals surface area contributed by atoms with Gasteiger partial charge in [-0.1, -0.05) is 51.9 Å². The lowest BCUT2D eigenvalue weighted by atomic mass is 10.1. The van der Waals surface area contributed by atoms with Gasteiger partial charge in [0, 0.05) is 12.6 Å². The molecule has 0 saturated heterocycles. The van der Waals surface area contributed by atoms with Crippen molar-refractivity contribution in [2.45, 2.75) is 64.8 Å². The second-order valence-corrected chi connectivity index (χ2v) is 5.95. The number of nitrogens with one attached hydrogen (secondary N) is 1. The summed E-state index contributed by atoms with van der Waals surface area (Å²) in [6, 6.07) is 3.35. The van der Waals surface area contributed by atoms with Crippen molar-refractivity contribution in [2.24, 2.45) is 5.73 Å². The molecule has 1 rings (SSSR count). The first-order valence-corrected chi connectivity index (χ1v) is 8.69. The summed E-state index contributed by atoms with van der Waals surface area (Å²) in [5.74, 6) is -0.529. The molecule has 1 heterocycles. The SMILES string of the molecule is CCCCCCCCCCNC(=O)C[n+]1cccc(C(N)=O)c1.Cl. The Bertz CT molecular complexity index is 495. The maximum atomic E-state index is 11.9. The highest BCUT2D eigenvalue weighted by Gasteiger charge is 2.11. The number of carbonyl (C=O) groups excluding carboxylic acids is 2. The van der Waals surface area contributed by atoms with Crippen LogP contribution in [0.1, 0.15) is 68.6 Å². The molecule has 0 aliphatic carbocycles. The second kappa shape index (κ2) is 13.8. The lowest BCUT2D eigenvalue weighted by molar-refractivity contribution is -0.684. The predicted molar refractivity (Wildman–Crippen MR) is 98.0 cm³/mol. The highest BCUT2D eigenvalue weighted by molar-refractivity contribution is 5.92. The number of amides is 2. The minimum absolute atomic E-state index is 0. The van der Waals surface area contributed by atoms with E-state index in [4.69, 9.17) is 5.73 Å². The minimum Gasteiger partial charge on any atom is -0.365 e. The summed E-state index contributed by atoms with van der Waals surface area (Å²) >= 11 is 0. The van der Waals surface area contributed by atoms with Crippen molar-refractivity contribution >= 4 is 24.2 Å². The Morgan fingerprint density at radius 2 is 1.71 bits per heavy atom. The Balaban J connectivity index is 0.00000529. The van der Waals surface area contributed by atoms with Crippen molar-refractivity contribution in [1.82, 2.24) is 5.32 Å². The lowest BCUT2D eigenvalue weighted by Gasteiger charge is -2.04. The van der Waals surface area contributed by atoms with Gasteiger partial charge in [0.1, 0.15) is 5.56 Å². The first kappa shape index (κ1) is 22.4. The number of nitrogens with two attached hydrogens (primary N) is 1. The Hall–Kier alpha value is -1.62. The molecule has 0 spiro atoms. The second-order valence-electron chi connectivity index (χ2n) is 5.95. The number of hydrogen-bond acceptors (Lipinski definition) is 2. The molecule has 136 valence electrons. The molecule has 0 aliphatic heterocycles. The van der Waals surface area contributed by atoms with E-state index < -0.39 is 5.91 Å². The molecular weight excluding hydrogens is 326 g/mol. The number of primary amides is 1. The summed E-state index contributed by atoms with van der Waals surface area (Å²) in [7, 11) is 0. The van der Waals surface area contributed by atoms with Gasteiger partial charge in [-0.05, 0) is 12.5 Å². The molecule has 1 aromatic heterocycles. The fourth-order valence-electron chi connectivity index (χ4n) is 2.47. The number of nitrogens with zero attached hydrogens (tertiary/aromatic N) is 1. The minimum atomic E-state index is -0.487. The monoisotopic (exact) mass is 356 g/mol. The zero-order valence-corrected chi connectivity index (χ0v) is 15.4. The van der Waals surface area contributed by atoms with Gasteiger partial charge in [-0.2, -0.15) is 4.57 Å². The third kappa shape index (κ3) is 10.2. The number of pyridine rings is 1. The first-order valence-electron chi connectivity index (χ1n) is 8.69. The molecule has 1 aromatic rings. The van der Waals surface area contributed by atoms with Crippen LogP contribution in [-0.4, -0.2) is 18.4 Å². The van der Waals surface area contributed by atoms with Crippen LogP contribution in [-0.2, 0) is 11.3 Å². The number of unbranched alkanes of at least 4 members (excludes halogenated alkanes) is 7. The number of aromatic nitrogens is 1. The van der Waals surface area contributed by atoms with Crippen molar-refractivity contribution in [1.29, 1.82) is 0 Å². The van der Waals surface area contributed by atoms with Gasteiger partial charge in [0.2, 0.25) is 6.54 Å². The topological polar surface area (TPSA) is 76.1 Å². The van der Waals surface area contributed by atoms with E-state index in [-0.39, 0.29) is 24.9 Å². The van der Waals surface area contributed by atoms with Gasteiger partial charge in [0.05, 0.1) is 0 Å². The van der Waals surface area contributed by atoms with Gasteiger partial charge >= 0.3 is 0 Å². The maximum Gasteiger partial charge on any atom is 0.285 e. The van der Waals surface area contributed by atoms with E-state index in [1.54, 1.807) is 29.1 Å². The fraction of sp³-hybridized carbons (Fsp3) is 0.611. The van der Waals surface area contributed by atoms with E-state index in [0.29, 0.717) is 12.1 Å². The molecule has 3 N–H and O–H groups in total. The van der Waals surface area contributed by atoms with Crippen molar-refractivity contribution in [2.75, 3.05) is 6.54 Å². The summed E-state index contributed by atoms with van der Waals surface area (Å²) in [6.45, 7) is 3.15.